The molecule has 1 aliphatic rings. The van der Waals surface area contributed by atoms with Crippen molar-refractivity contribution in [3.05, 3.63) is 35.4 Å². The molecule has 0 heterocycles. The highest BCUT2D eigenvalue weighted by Gasteiger charge is 2.32. The van der Waals surface area contributed by atoms with Crippen molar-refractivity contribution in [1.82, 2.24) is 0 Å². The molecule has 2 rings (SSSR count). The number of halogens is 3. The molecule has 1 aromatic carbocycles. The average molecular weight is 256 g/mol. The van der Waals surface area contributed by atoms with Crippen LogP contribution >= 0.6 is 0 Å². The summed E-state index contributed by atoms with van der Waals surface area (Å²) in [6.45, 7) is 2.07. The van der Waals surface area contributed by atoms with Crippen molar-refractivity contribution < 1.29 is 18.0 Å². The molecule has 1 saturated carbocycles. The van der Waals surface area contributed by atoms with Crippen molar-refractivity contribution in [1.29, 1.82) is 0 Å². The van der Waals surface area contributed by atoms with Gasteiger partial charge in [0.15, 0.2) is 5.78 Å². The molecule has 1 fully saturated rings. The summed E-state index contributed by atoms with van der Waals surface area (Å²) in [5.41, 5.74) is -0.566. The quantitative estimate of drug-likeness (QED) is 0.720. The zero-order valence-electron chi connectivity index (χ0n) is 10.1. The molecular formula is C14H15F3O. The zero-order chi connectivity index (χ0) is 13.3. The lowest BCUT2D eigenvalue weighted by atomic mass is 9.94. The highest BCUT2D eigenvalue weighted by atomic mass is 19.4. The Hall–Kier alpha value is -1.32. The minimum absolute atomic E-state index is 0.108. The Morgan fingerprint density at radius 3 is 2.56 bits per heavy atom. The Kier molecular flexibility index (Phi) is 3.46. The molecule has 0 saturated heterocycles. The van der Waals surface area contributed by atoms with E-state index in [2.05, 4.69) is 6.92 Å². The first-order chi connectivity index (χ1) is 8.38. The molecule has 1 aromatic rings. The minimum atomic E-state index is -4.39. The van der Waals surface area contributed by atoms with Crippen LogP contribution in [0.25, 0.3) is 0 Å². The SMILES string of the molecule is CC1CCC(C(=O)c2cccc(C(F)(F)F)c2)C1. The van der Waals surface area contributed by atoms with Gasteiger partial charge < -0.3 is 0 Å². The Morgan fingerprint density at radius 2 is 2.00 bits per heavy atom. The Labute approximate surface area is 104 Å². The number of hydrogen-bond donors (Lipinski definition) is 0. The zero-order valence-corrected chi connectivity index (χ0v) is 10.1. The number of benzene rings is 1. The van der Waals surface area contributed by atoms with Gasteiger partial charge in [-0.1, -0.05) is 19.1 Å². The molecule has 2 unspecified atom stereocenters. The fourth-order valence-electron chi connectivity index (χ4n) is 2.53. The van der Waals surface area contributed by atoms with E-state index in [-0.39, 0.29) is 17.3 Å². The van der Waals surface area contributed by atoms with Crippen LogP contribution in [0.3, 0.4) is 0 Å². The summed E-state index contributed by atoms with van der Waals surface area (Å²) in [6.07, 6.45) is -1.83. The van der Waals surface area contributed by atoms with Crippen LogP contribution in [0.1, 0.15) is 42.1 Å². The molecule has 1 nitrogen and oxygen atoms in total. The van der Waals surface area contributed by atoms with Crippen molar-refractivity contribution in [2.45, 2.75) is 32.4 Å². The molecule has 2 atom stereocenters. The predicted octanol–water partition coefficient (Wildman–Crippen LogP) is 4.32. The predicted molar refractivity (Wildman–Crippen MR) is 62.3 cm³/mol. The molecular weight excluding hydrogens is 241 g/mol. The summed E-state index contributed by atoms with van der Waals surface area (Å²) in [6, 6.07) is 4.73. The van der Waals surface area contributed by atoms with Gasteiger partial charge in [0.1, 0.15) is 0 Å². The monoisotopic (exact) mass is 256 g/mol. The molecule has 0 aromatic heterocycles. The van der Waals surface area contributed by atoms with Gasteiger partial charge in [0, 0.05) is 11.5 Å². The maximum absolute atomic E-state index is 12.6. The van der Waals surface area contributed by atoms with Crippen molar-refractivity contribution in [2.75, 3.05) is 0 Å². The van der Waals surface area contributed by atoms with Gasteiger partial charge in [-0.15, -0.1) is 0 Å². The number of alkyl halides is 3. The third-order valence-electron chi connectivity index (χ3n) is 3.54. The number of carbonyl (C=O) groups is 1. The third-order valence-corrected chi connectivity index (χ3v) is 3.54. The summed E-state index contributed by atoms with van der Waals surface area (Å²) in [4.78, 5) is 12.1. The fourth-order valence-corrected chi connectivity index (χ4v) is 2.53. The molecule has 0 bridgehead atoms. The van der Waals surface area contributed by atoms with E-state index in [1.54, 1.807) is 0 Å². The van der Waals surface area contributed by atoms with Crippen LogP contribution in [0.5, 0.6) is 0 Å². The van der Waals surface area contributed by atoms with Crippen LogP contribution < -0.4 is 0 Å². The first kappa shape index (κ1) is 13.1. The summed E-state index contributed by atoms with van der Waals surface area (Å²) in [7, 11) is 0. The maximum atomic E-state index is 12.6. The second-order valence-corrected chi connectivity index (χ2v) is 5.06. The van der Waals surface area contributed by atoms with E-state index in [4.69, 9.17) is 0 Å². The summed E-state index contributed by atoms with van der Waals surface area (Å²) in [5.74, 6) is 0.235. The van der Waals surface area contributed by atoms with Gasteiger partial charge in [0.2, 0.25) is 0 Å². The maximum Gasteiger partial charge on any atom is 0.416 e. The molecule has 0 amide bonds. The number of hydrogen-bond acceptors (Lipinski definition) is 1. The van der Waals surface area contributed by atoms with Crippen LogP contribution in [0.15, 0.2) is 24.3 Å². The van der Waals surface area contributed by atoms with Crippen molar-refractivity contribution in [3.63, 3.8) is 0 Å². The average Bonchev–Trinajstić information content (AvgIpc) is 2.74. The Morgan fingerprint density at radius 1 is 1.28 bits per heavy atom. The molecule has 4 heteroatoms. The number of rotatable bonds is 2. The van der Waals surface area contributed by atoms with Crippen LogP contribution in [-0.2, 0) is 6.18 Å². The fraction of sp³-hybridized carbons (Fsp3) is 0.500. The minimum Gasteiger partial charge on any atom is -0.294 e. The smallest absolute Gasteiger partial charge is 0.294 e. The lowest BCUT2D eigenvalue weighted by Crippen LogP contribution is -2.13. The molecule has 0 radical (unpaired) electrons. The first-order valence-corrected chi connectivity index (χ1v) is 6.09. The van der Waals surface area contributed by atoms with Crippen molar-refractivity contribution in [3.8, 4) is 0 Å². The number of Topliss-reactive ketones (excluding diaryl/α,β-unsaturated/α-hetero) is 1. The van der Waals surface area contributed by atoms with Gasteiger partial charge in [-0.3, -0.25) is 4.79 Å². The van der Waals surface area contributed by atoms with Crippen LogP contribution in [0.4, 0.5) is 13.2 Å². The molecule has 18 heavy (non-hydrogen) atoms. The summed E-state index contributed by atoms with van der Waals surface area (Å²) in [5, 5.41) is 0. The van der Waals surface area contributed by atoms with Gasteiger partial charge in [0.05, 0.1) is 5.56 Å². The first-order valence-electron chi connectivity index (χ1n) is 6.09. The van der Waals surface area contributed by atoms with Gasteiger partial charge in [-0.2, -0.15) is 13.2 Å². The van der Waals surface area contributed by atoms with E-state index < -0.39 is 11.7 Å². The lowest BCUT2D eigenvalue weighted by molar-refractivity contribution is -0.137. The normalized spacial score (nSPS) is 24.2. The molecule has 1 aliphatic carbocycles. The van der Waals surface area contributed by atoms with Crippen molar-refractivity contribution >= 4 is 5.78 Å². The van der Waals surface area contributed by atoms with Crippen LogP contribution in [0, 0.1) is 11.8 Å². The van der Waals surface area contributed by atoms with E-state index in [9.17, 15) is 18.0 Å². The second-order valence-electron chi connectivity index (χ2n) is 5.06. The van der Waals surface area contributed by atoms with E-state index in [0.717, 1.165) is 31.4 Å². The van der Waals surface area contributed by atoms with Gasteiger partial charge in [-0.05, 0) is 37.3 Å². The number of carbonyl (C=O) groups excluding carboxylic acids is 1. The van der Waals surface area contributed by atoms with E-state index in [1.807, 2.05) is 0 Å². The van der Waals surface area contributed by atoms with Crippen LogP contribution in [0.2, 0.25) is 0 Å². The van der Waals surface area contributed by atoms with Gasteiger partial charge >= 0.3 is 6.18 Å². The molecule has 98 valence electrons. The van der Waals surface area contributed by atoms with E-state index in [1.165, 1.54) is 12.1 Å². The second kappa shape index (κ2) is 4.75. The van der Waals surface area contributed by atoms with Crippen LogP contribution in [-0.4, -0.2) is 5.78 Å². The lowest BCUT2D eigenvalue weighted by Gasteiger charge is -2.11. The molecule has 0 aliphatic heterocycles. The van der Waals surface area contributed by atoms with Gasteiger partial charge in [0.25, 0.3) is 0 Å². The summed E-state index contributed by atoms with van der Waals surface area (Å²) < 4.78 is 37.7. The third kappa shape index (κ3) is 2.74. The highest BCUT2D eigenvalue weighted by molar-refractivity contribution is 5.98. The standard InChI is InChI=1S/C14H15F3O/c1-9-5-6-11(7-9)13(18)10-3-2-4-12(8-10)14(15,16)17/h2-4,8-9,11H,5-7H2,1H3. The van der Waals surface area contributed by atoms with Crippen molar-refractivity contribution in [2.24, 2.45) is 11.8 Å². The van der Waals surface area contributed by atoms with Gasteiger partial charge in [-0.25, -0.2) is 0 Å². The Bertz CT molecular complexity index is 451. The highest BCUT2D eigenvalue weighted by Crippen LogP contribution is 2.34. The largest absolute Gasteiger partial charge is 0.416 e. The Balaban J connectivity index is 2.21. The van der Waals surface area contributed by atoms with E-state index in [0.29, 0.717) is 5.92 Å². The topological polar surface area (TPSA) is 17.1 Å². The number of ketones is 1. The summed E-state index contributed by atoms with van der Waals surface area (Å²) >= 11 is 0. The molecule has 0 N–H and O–H groups in total. The van der Waals surface area contributed by atoms with E-state index >= 15 is 0 Å². The molecule has 0 spiro atoms.